The number of carbonyl (C=O) groups excluding carboxylic acids is 1. The van der Waals surface area contributed by atoms with Crippen LogP contribution in [0.25, 0.3) is 10.8 Å². The fourth-order valence-electron chi connectivity index (χ4n) is 4.16. The lowest BCUT2D eigenvalue weighted by atomic mass is 9.96. The Balaban J connectivity index is 0.00000141. The molecule has 1 aliphatic rings. The normalized spacial score (nSPS) is 14.5. The molecule has 4 heteroatoms. The van der Waals surface area contributed by atoms with Crippen LogP contribution in [-0.2, 0) is 22.7 Å². The van der Waals surface area contributed by atoms with Crippen molar-refractivity contribution in [1.82, 2.24) is 4.90 Å². The van der Waals surface area contributed by atoms with Crippen molar-refractivity contribution in [2.24, 2.45) is 5.92 Å². The third-order valence-corrected chi connectivity index (χ3v) is 5.82. The zero-order valence-electron chi connectivity index (χ0n) is 19.5. The number of benzene rings is 3. The number of ether oxygens (including phenoxy) is 2. The summed E-state index contributed by atoms with van der Waals surface area (Å²) in [6.07, 6.45) is 1.70. The highest BCUT2D eigenvalue weighted by molar-refractivity contribution is 5.87. The molecule has 0 spiro atoms. The molecule has 4 rings (SSSR count). The number of likely N-dealkylation sites (tertiary alicyclic amines) is 1. The van der Waals surface area contributed by atoms with Crippen molar-refractivity contribution < 1.29 is 14.3 Å². The Labute approximate surface area is 192 Å². The SMILES string of the molecule is CC.CCOC(=O)C1CCN(Cc2c(OCc3ccccc3)ccc3ccccc23)CC1. The maximum absolute atomic E-state index is 12.1. The Morgan fingerprint density at radius 1 is 0.938 bits per heavy atom. The van der Waals surface area contributed by atoms with Gasteiger partial charge in [0.15, 0.2) is 0 Å². The number of nitrogens with zero attached hydrogens (tertiary/aromatic N) is 1. The highest BCUT2D eigenvalue weighted by Gasteiger charge is 2.26. The molecular weight excluding hydrogens is 398 g/mol. The molecule has 0 bridgehead atoms. The van der Waals surface area contributed by atoms with Crippen molar-refractivity contribution in [3.63, 3.8) is 0 Å². The summed E-state index contributed by atoms with van der Waals surface area (Å²) in [6.45, 7) is 9.48. The molecule has 0 aromatic heterocycles. The molecule has 32 heavy (non-hydrogen) atoms. The molecule has 3 aromatic carbocycles. The minimum absolute atomic E-state index is 0.0301. The summed E-state index contributed by atoms with van der Waals surface area (Å²) in [4.78, 5) is 14.5. The molecule has 3 aromatic rings. The van der Waals surface area contributed by atoms with E-state index in [1.807, 2.05) is 39.0 Å². The standard InChI is InChI=1S/C26H29NO3.C2H6/c1-2-29-26(28)22-14-16-27(17-15-22)18-24-23-11-7-6-10-21(23)12-13-25(24)30-19-20-8-4-3-5-9-20;1-2/h3-13,22H,2,14-19H2,1H3;1-2H3. The van der Waals surface area contributed by atoms with Crippen LogP contribution >= 0.6 is 0 Å². The Morgan fingerprint density at radius 2 is 1.62 bits per heavy atom. The minimum atomic E-state index is -0.0470. The van der Waals surface area contributed by atoms with E-state index in [1.54, 1.807) is 0 Å². The van der Waals surface area contributed by atoms with E-state index in [0.717, 1.165) is 43.8 Å². The van der Waals surface area contributed by atoms with Crippen LogP contribution < -0.4 is 4.74 Å². The minimum Gasteiger partial charge on any atom is -0.489 e. The van der Waals surface area contributed by atoms with Crippen molar-refractivity contribution in [2.75, 3.05) is 19.7 Å². The lowest BCUT2D eigenvalue weighted by Gasteiger charge is -2.31. The smallest absolute Gasteiger partial charge is 0.309 e. The highest BCUT2D eigenvalue weighted by Crippen LogP contribution is 2.31. The molecule has 0 radical (unpaired) electrons. The zero-order chi connectivity index (χ0) is 22.8. The first-order chi connectivity index (χ1) is 15.7. The van der Waals surface area contributed by atoms with E-state index in [0.29, 0.717) is 13.2 Å². The summed E-state index contributed by atoms with van der Waals surface area (Å²) >= 11 is 0. The van der Waals surface area contributed by atoms with Crippen molar-refractivity contribution in [3.8, 4) is 5.75 Å². The molecule has 0 aliphatic carbocycles. The van der Waals surface area contributed by atoms with Crippen LogP contribution in [-0.4, -0.2) is 30.6 Å². The first-order valence-corrected chi connectivity index (χ1v) is 11.8. The fourth-order valence-corrected chi connectivity index (χ4v) is 4.16. The Bertz CT molecular complexity index is 978. The summed E-state index contributed by atoms with van der Waals surface area (Å²) in [7, 11) is 0. The van der Waals surface area contributed by atoms with Gasteiger partial charge in [-0.3, -0.25) is 9.69 Å². The second-order valence-corrected chi connectivity index (χ2v) is 7.84. The van der Waals surface area contributed by atoms with Crippen molar-refractivity contribution >= 4 is 16.7 Å². The van der Waals surface area contributed by atoms with Gasteiger partial charge in [-0.2, -0.15) is 0 Å². The molecule has 0 saturated carbocycles. The predicted molar refractivity (Wildman–Crippen MR) is 131 cm³/mol. The van der Waals surface area contributed by atoms with Crippen molar-refractivity contribution in [3.05, 3.63) is 77.9 Å². The number of carbonyl (C=O) groups is 1. The first-order valence-electron chi connectivity index (χ1n) is 11.8. The summed E-state index contributed by atoms with van der Waals surface area (Å²) < 4.78 is 11.5. The van der Waals surface area contributed by atoms with Gasteiger partial charge in [-0.25, -0.2) is 0 Å². The lowest BCUT2D eigenvalue weighted by Crippen LogP contribution is -2.36. The number of piperidine rings is 1. The second kappa shape index (κ2) is 12.3. The van der Waals surface area contributed by atoms with Crippen LogP contribution in [0.1, 0.15) is 44.7 Å². The third-order valence-electron chi connectivity index (χ3n) is 5.82. The van der Waals surface area contributed by atoms with E-state index >= 15 is 0 Å². The van der Waals surface area contributed by atoms with E-state index in [1.165, 1.54) is 16.3 Å². The molecule has 4 nitrogen and oxygen atoms in total. The Kier molecular flexibility index (Phi) is 9.12. The lowest BCUT2D eigenvalue weighted by molar-refractivity contribution is -0.149. The van der Waals surface area contributed by atoms with Crippen LogP contribution in [0.3, 0.4) is 0 Å². The van der Waals surface area contributed by atoms with Gasteiger partial charge in [0.25, 0.3) is 0 Å². The van der Waals surface area contributed by atoms with Gasteiger partial charge in [-0.1, -0.05) is 74.5 Å². The molecule has 0 unspecified atom stereocenters. The monoisotopic (exact) mass is 433 g/mol. The van der Waals surface area contributed by atoms with Gasteiger partial charge >= 0.3 is 5.97 Å². The summed E-state index contributed by atoms with van der Waals surface area (Å²) in [5.74, 6) is 0.918. The quantitative estimate of drug-likeness (QED) is 0.415. The largest absolute Gasteiger partial charge is 0.489 e. The maximum Gasteiger partial charge on any atom is 0.309 e. The molecular formula is C28H35NO3. The summed E-state index contributed by atoms with van der Waals surface area (Å²) in [5, 5.41) is 2.46. The van der Waals surface area contributed by atoms with Crippen LogP contribution in [0.2, 0.25) is 0 Å². The predicted octanol–water partition coefficient (Wildman–Crippen LogP) is 6.22. The van der Waals surface area contributed by atoms with E-state index in [9.17, 15) is 4.79 Å². The molecule has 1 aliphatic heterocycles. The van der Waals surface area contributed by atoms with Gasteiger partial charge in [-0.05, 0) is 55.3 Å². The van der Waals surface area contributed by atoms with Crippen molar-refractivity contribution in [1.29, 1.82) is 0 Å². The van der Waals surface area contributed by atoms with Gasteiger partial charge in [0.1, 0.15) is 12.4 Å². The number of hydrogen-bond donors (Lipinski definition) is 0. The van der Waals surface area contributed by atoms with Crippen LogP contribution in [0, 0.1) is 5.92 Å². The number of rotatable bonds is 7. The van der Waals surface area contributed by atoms with Crippen LogP contribution in [0.4, 0.5) is 0 Å². The second-order valence-electron chi connectivity index (χ2n) is 7.84. The zero-order valence-corrected chi connectivity index (χ0v) is 19.5. The van der Waals surface area contributed by atoms with Gasteiger partial charge in [0, 0.05) is 12.1 Å². The van der Waals surface area contributed by atoms with E-state index in [-0.39, 0.29) is 11.9 Å². The van der Waals surface area contributed by atoms with E-state index < -0.39 is 0 Å². The van der Waals surface area contributed by atoms with Gasteiger partial charge in [0.05, 0.1) is 12.5 Å². The van der Waals surface area contributed by atoms with Gasteiger partial charge in [0.2, 0.25) is 0 Å². The van der Waals surface area contributed by atoms with Crippen molar-refractivity contribution in [2.45, 2.75) is 46.8 Å². The first kappa shape index (κ1) is 23.8. The molecule has 1 fully saturated rings. The van der Waals surface area contributed by atoms with E-state index in [2.05, 4.69) is 53.4 Å². The van der Waals surface area contributed by atoms with Crippen LogP contribution in [0.15, 0.2) is 66.7 Å². The highest BCUT2D eigenvalue weighted by atomic mass is 16.5. The van der Waals surface area contributed by atoms with E-state index in [4.69, 9.17) is 9.47 Å². The average Bonchev–Trinajstić information content (AvgIpc) is 2.86. The van der Waals surface area contributed by atoms with Gasteiger partial charge < -0.3 is 9.47 Å². The number of hydrogen-bond acceptors (Lipinski definition) is 4. The molecule has 0 atom stereocenters. The molecule has 0 amide bonds. The third kappa shape index (κ3) is 6.10. The Morgan fingerprint density at radius 3 is 2.34 bits per heavy atom. The fraction of sp³-hybridized carbons (Fsp3) is 0.393. The topological polar surface area (TPSA) is 38.8 Å². The molecule has 1 saturated heterocycles. The van der Waals surface area contributed by atoms with Crippen LogP contribution in [0.5, 0.6) is 5.75 Å². The molecule has 1 heterocycles. The number of fused-ring (bicyclic) bond motifs is 1. The maximum atomic E-state index is 12.1. The molecule has 170 valence electrons. The average molecular weight is 434 g/mol. The number of esters is 1. The summed E-state index contributed by atoms with van der Waals surface area (Å²) in [6, 6.07) is 22.9. The Hall–Kier alpha value is -2.85. The summed E-state index contributed by atoms with van der Waals surface area (Å²) in [5.41, 5.74) is 2.38. The van der Waals surface area contributed by atoms with Gasteiger partial charge in [-0.15, -0.1) is 0 Å². The molecule has 0 N–H and O–H groups in total.